The van der Waals surface area contributed by atoms with Crippen molar-refractivity contribution < 1.29 is 9.90 Å². The number of carbonyl (C=O) groups is 1. The number of nitrogens with two attached hydrogens (primary N) is 1. The average molecular weight is 339 g/mol. The lowest BCUT2D eigenvalue weighted by atomic mass is 10.1. The van der Waals surface area contributed by atoms with E-state index in [2.05, 4.69) is 10.3 Å². The molecule has 1 aliphatic rings. The number of rotatable bonds is 3. The molecule has 1 fully saturated rings. The number of aromatic nitrogens is 2. The van der Waals surface area contributed by atoms with Crippen LogP contribution in [0.1, 0.15) is 30.1 Å². The molecular weight excluding hydrogens is 315 g/mol. The highest BCUT2D eigenvalue weighted by Crippen LogP contribution is 2.24. The van der Waals surface area contributed by atoms with Crippen LogP contribution in [0.5, 0.6) is 0 Å². The number of carbonyl (C=O) groups excluding carboxylic acids is 1. The maximum absolute atomic E-state index is 12.0. The molecule has 0 unspecified atom stereocenters. The van der Waals surface area contributed by atoms with Crippen molar-refractivity contribution in [3.63, 3.8) is 0 Å². The molecule has 1 aromatic rings. The van der Waals surface area contributed by atoms with Gasteiger partial charge in [0.1, 0.15) is 5.82 Å². The van der Waals surface area contributed by atoms with Crippen molar-refractivity contribution >= 4 is 30.7 Å². The molecule has 0 saturated heterocycles. The number of hydrogen-bond donors (Lipinski definition) is 3. The summed E-state index contributed by atoms with van der Waals surface area (Å²) in [6.07, 6.45) is 0.436. The zero-order valence-electron chi connectivity index (χ0n) is 12.5. The number of nitrogens with one attached hydrogen (secondary N) is 1. The number of nitrogens with zero attached hydrogens (tertiary/aromatic N) is 2. The van der Waals surface area contributed by atoms with Crippen LogP contribution in [0.3, 0.4) is 0 Å². The molecule has 1 amide bonds. The number of amides is 1. The molecule has 4 N–H and O–H groups in total. The fourth-order valence-corrected chi connectivity index (χ4v) is 2.52. The van der Waals surface area contributed by atoms with Gasteiger partial charge in [0.15, 0.2) is 0 Å². The molecule has 3 atom stereocenters. The van der Waals surface area contributed by atoms with E-state index < -0.39 is 6.10 Å². The molecule has 0 aromatic carbocycles. The van der Waals surface area contributed by atoms with Crippen LogP contribution in [0.15, 0.2) is 0 Å². The number of aryl methyl sites for hydroxylation is 1. The van der Waals surface area contributed by atoms with Crippen LogP contribution in [0.25, 0.3) is 0 Å². The standard InChI is InChI=1S/C13H22N4O2.2ClH/c1-7-8(2)17(3)12(16-7)6-15-13(19)9-4-10(14)11(18)5-9;;/h9-11,18H,4-6,14H2,1-3H3,(H,15,19);2*1H/t9-,10+,11+;;/m0../s1. The molecular formula is C13H24Cl2N4O2. The van der Waals surface area contributed by atoms with Crippen molar-refractivity contribution in [1.82, 2.24) is 14.9 Å². The van der Waals surface area contributed by atoms with Gasteiger partial charge >= 0.3 is 0 Å². The van der Waals surface area contributed by atoms with E-state index >= 15 is 0 Å². The van der Waals surface area contributed by atoms with E-state index in [9.17, 15) is 9.90 Å². The second-order valence-corrected chi connectivity index (χ2v) is 5.38. The molecule has 1 heterocycles. The molecule has 2 rings (SSSR count). The van der Waals surface area contributed by atoms with Gasteiger partial charge < -0.3 is 20.7 Å². The van der Waals surface area contributed by atoms with Gasteiger partial charge in [-0.25, -0.2) is 4.98 Å². The summed E-state index contributed by atoms with van der Waals surface area (Å²) >= 11 is 0. The third-order valence-corrected chi connectivity index (χ3v) is 4.08. The van der Waals surface area contributed by atoms with Crippen LogP contribution in [-0.4, -0.2) is 32.7 Å². The molecule has 8 heteroatoms. The summed E-state index contributed by atoms with van der Waals surface area (Å²) in [5.74, 6) is 0.601. The summed E-state index contributed by atoms with van der Waals surface area (Å²) in [6, 6.07) is -0.284. The number of aliphatic hydroxyl groups is 1. The van der Waals surface area contributed by atoms with E-state index in [0.717, 1.165) is 17.2 Å². The van der Waals surface area contributed by atoms with Crippen molar-refractivity contribution in [3.05, 3.63) is 17.2 Å². The molecule has 1 aromatic heterocycles. The predicted molar refractivity (Wildman–Crippen MR) is 85.7 cm³/mol. The van der Waals surface area contributed by atoms with E-state index in [1.165, 1.54) is 0 Å². The van der Waals surface area contributed by atoms with Crippen molar-refractivity contribution in [2.24, 2.45) is 18.7 Å². The fourth-order valence-electron chi connectivity index (χ4n) is 2.52. The molecule has 1 saturated carbocycles. The van der Waals surface area contributed by atoms with Gasteiger partial charge in [0, 0.05) is 24.7 Å². The summed E-state index contributed by atoms with van der Waals surface area (Å²) in [4.78, 5) is 16.4. The summed E-state index contributed by atoms with van der Waals surface area (Å²) in [7, 11) is 1.94. The second-order valence-electron chi connectivity index (χ2n) is 5.38. The monoisotopic (exact) mass is 338 g/mol. The summed E-state index contributed by atoms with van der Waals surface area (Å²) in [5, 5.41) is 12.4. The SMILES string of the molecule is Cc1nc(CNC(=O)[C@H]2C[C@@H](N)[C@H](O)C2)n(C)c1C.Cl.Cl. The van der Waals surface area contributed by atoms with Gasteiger partial charge in [-0.05, 0) is 26.7 Å². The lowest BCUT2D eigenvalue weighted by Crippen LogP contribution is -2.31. The summed E-state index contributed by atoms with van der Waals surface area (Å²) in [6.45, 7) is 4.36. The minimum atomic E-state index is -0.562. The van der Waals surface area contributed by atoms with E-state index in [1.807, 2.05) is 25.5 Å². The van der Waals surface area contributed by atoms with E-state index in [4.69, 9.17) is 5.73 Å². The van der Waals surface area contributed by atoms with E-state index in [0.29, 0.717) is 19.4 Å². The zero-order chi connectivity index (χ0) is 14.2. The Labute approximate surface area is 137 Å². The lowest BCUT2D eigenvalue weighted by molar-refractivity contribution is -0.125. The highest BCUT2D eigenvalue weighted by molar-refractivity contribution is 5.85. The number of hydrogen-bond acceptors (Lipinski definition) is 4. The zero-order valence-corrected chi connectivity index (χ0v) is 14.1. The number of aliphatic hydroxyl groups excluding tert-OH is 1. The summed E-state index contributed by atoms with van der Waals surface area (Å²) in [5.41, 5.74) is 7.79. The third-order valence-electron chi connectivity index (χ3n) is 4.08. The van der Waals surface area contributed by atoms with Crippen LogP contribution in [0.2, 0.25) is 0 Å². The van der Waals surface area contributed by atoms with E-state index in [-0.39, 0.29) is 42.7 Å². The first-order valence-electron chi connectivity index (χ1n) is 6.60. The Morgan fingerprint density at radius 3 is 2.48 bits per heavy atom. The van der Waals surface area contributed by atoms with E-state index in [1.54, 1.807) is 0 Å². The maximum Gasteiger partial charge on any atom is 0.223 e. The van der Waals surface area contributed by atoms with Gasteiger partial charge in [-0.2, -0.15) is 0 Å². The van der Waals surface area contributed by atoms with Crippen LogP contribution >= 0.6 is 24.8 Å². The Hall–Kier alpha value is -0.820. The van der Waals surface area contributed by atoms with Crippen LogP contribution < -0.4 is 11.1 Å². The number of imidazole rings is 1. The van der Waals surface area contributed by atoms with Crippen molar-refractivity contribution in [2.45, 2.75) is 45.4 Å². The fraction of sp³-hybridized carbons (Fsp3) is 0.692. The van der Waals surface area contributed by atoms with Gasteiger partial charge in [-0.15, -0.1) is 24.8 Å². The molecule has 6 nitrogen and oxygen atoms in total. The number of halogens is 2. The highest BCUT2D eigenvalue weighted by Gasteiger charge is 2.34. The topological polar surface area (TPSA) is 93.2 Å². The van der Waals surface area contributed by atoms with Gasteiger partial charge in [-0.3, -0.25) is 4.79 Å². The second kappa shape index (κ2) is 7.98. The molecule has 21 heavy (non-hydrogen) atoms. The Balaban J connectivity index is 0.00000200. The minimum absolute atomic E-state index is 0. The smallest absolute Gasteiger partial charge is 0.223 e. The first-order chi connectivity index (χ1) is 8.90. The van der Waals surface area contributed by atoms with Crippen molar-refractivity contribution in [2.75, 3.05) is 0 Å². The van der Waals surface area contributed by atoms with Gasteiger partial charge in [0.25, 0.3) is 0 Å². The predicted octanol–water partition coefficient (Wildman–Crippen LogP) is 0.595. The average Bonchev–Trinajstić information content (AvgIpc) is 2.82. The molecule has 0 bridgehead atoms. The van der Waals surface area contributed by atoms with Gasteiger partial charge in [-0.1, -0.05) is 0 Å². The largest absolute Gasteiger partial charge is 0.391 e. The first kappa shape index (κ1) is 20.2. The Kier molecular flexibility index (Phi) is 7.67. The Morgan fingerprint density at radius 1 is 1.43 bits per heavy atom. The molecule has 1 aliphatic carbocycles. The van der Waals surface area contributed by atoms with Gasteiger partial charge in [0.2, 0.25) is 5.91 Å². The normalized spacial score (nSPS) is 24.1. The molecule has 0 radical (unpaired) electrons. The van der Waals surface area contributed by atoms with Crippen molar-refractivity contribution in [3.8, 4) is 0 Å². The maximum atomic E-state index is 12.0. The Bertz CT molecular complexity index is 483. The molecule has 122 valence electrons. The minimum Gasteiger partial charge on any atom is -0.391 e. The van der Waals surface area contributed by atoms with Crippen LogP contribution in [0.4, 0.5) is 0 Å². The Morgan fingerprint density at radius 2 is 2.05 bits per heavy atom. The first-order valence-corrected chi connectivity index (χ1v) is 6.60. The van der Waals surface area contributed by atoms with Crippen LogP contribution in [0, 0.1) is 19.8 Å². The highest BCUT2D eigenvalue weighted by atomic mass is 35.5. The quantitative estimate of drug-likeness (QED) is 0.752. The van der Waals surface area contributed by atoms with Gasteiger partial charge in [0.05, 0.1) is 18.3 Å². The molecule has 0 spiro atoms. The van der Waals surface area contributed by atoms with Crippen molar-refractivity contribution in [1.29, 1.82) is 0 Å². The van der Waals surface area contributed by atoms with Crippen LogP contribution in [-0.2, 0) is 18.4 Å². The third kappa shape index (κ3) is 4.32. The summed E-state index contributed by atoms with van der Waals surface area (Å²) < 4.78 is 1.98. The lowest BCUT2D eigenvalue weighted by Gasteiger charge is -2.10. The molecule has 0 aliphatic heterocycles.